The summed E-state index contributed by atoms with van der Waals surface area (Å²) in [6, 6.07) is 4.09. The van der Waals surface area contributed by atoms with Gasteiger partial charge in [-0.05, 0) is 26.0 Å². The number of benzene rings is 1. The molecular weight excluding hydrogens is 330 g/mol. The van der Waals surface area contributed by atoms with Crippen LogP contribution in [-0.2, 0) is 14.3 Å². The van der Waals surface area contributed by atoms with Crippen LogP contribution in [0.2, 0.25) is 0 Å². The molecule has 1 saturated heterocycles. The van der Waals surface area contributed by atoms with Gasteiger partial charge in [-0.25, -0.2) is 4.79 Å². The van der Waals surface area contributed by atoms with Crippen molar-refractivity contribution in [3.05, 3.63) is 33.9 Å². The van der Waals surface area contributed by atoms with Gasteiger partial charge in [0.15, 0.2) is 6.61 Å². The molecule has 9 nitrogen and oxygen atoms in total. The highest BCUT2D eigenvalue weighted by Gasteiger charge is 2.24. The zero-order chi connectivity index (χ0) is 18.4. The molecule has 0 saturated carbocycles. The summed E-state index contributed by atoms with van der Waals surface area (Å²) < 4.78 is 10.1. The van der Waals surface area contributed by atoms with E-state index in [1.54, 1.807) is 13.8 Å². The van der Waals surface area contributed by atoms with Crippen molar-refractivity contribution in [2.24, 2.45) is 0 Å². The zero-order valence-corrected chi connectivity index (χ0v) is 14.2. The summed E-state index contributed by atoms with van der Waals surface area (Å²) in [5.41, 5.74) is 0.284. The van der Waals surface area contributed by atoms with Crippen LogP contribution < -0.4 is 10.2 Å². The van der Waals surface area contributed by atoms with Gasteiger partial charge in [0.2, 0.25) is 0 Å². The molecule has 0 bridgehead atoms. The van der Waals surface area contributed by atoms with E-state index in [2.05, 4.69) is 5.32 Å². The Hall–Kier alpha value is -2.68. The Morgan fingerprint density at radius 2 is 2.04 bits per heavy atom. The second kappa shape index (κ2) is 8.43. The molecule has 0 aliphatic carbocycles. The van der Waals surface area contributed by atoms with Gasteiger partial charge in [0.05, 0.1) is 23.7 Å². The normalized spacial score (nSPS) is 14.3. The molecule has 1 fully saturated rings. The van der Waals surface area contributed by atoms with Crippen molar-refractivity contribution in [2.45, 2.75) is 19.9 Å². The van der Waals surface area contributed by atoms with Crippen LogP contribution in [0.4, 0.5) is 11.4 Å². The molecule has 1 heterocycles. The van der Waals surface area contributed by atoms with Gasteiger partial charge in [-0.2, -0.15) is 0 Å². The van der Waals surface area contributed by atoms with Crippen LogP contribution in [0.5, 0.6) is 0 Å². The quantitative estimate of drug-likeness (QED) is 0.464. The molecule has 0 radical (unpaired) electrons. The second-order valence-electron chi connectivity index (χ2n) is 5.86. The molecule has 0 spiro atoms. The third-order valence-electron chi connectivity index (χ3n) is 3.54. The summed E-state index contributed by atoms with van der Waals surface area (Å²) in [6.07, 6.45) is 0. The number of morpholine rings is 1. The van der Waals surface area contributed by atoms with E-state index in [9.17, 15) is 19.7 Å². The molecule has 0 atom stereocenters. The molecule has 1 aromatic rings. The third-order valence-corrected chi connectivity index (χ3v) is 3.54. The van der Waals surface area contributed by atoms with Crippen molar-refractivity contribution in [3.63, 3.8) is 0 Å². The Bertz CT molecular complexity index is 655. The van der Waals surface area contributed by atoms with Crippen molar-refractivity contribution in [1.29, 1.82) is 0 Å². The fraction of sp³-hybridized carbons (Fsp3) is 0.500. The predicted octanol–water partition coefficient (Wildman–Crippen LogP) is 1.11. The van der Waals surface area contributed by atoms with Crippen LogP contribution in [0.15, 0.2) is 18.2 Å². The summed E-state index contributed by atoms with van der Waals surface area (Å²) in [5, 5.41) is 13.9. The number of hydrogen-bond donors (Lipinski definition) is 1. The number of ether oxygens (including phenoxy) is 2. The second-order valence-corrected chi connectivity index (χ2v) is 5.86. The highest BCUT2D eigenvalue weighted by Crippen LogP contribution is 2.30. The smallest absolute Gasteiger partial charge is 0.338 e. The number of nitro groups is 1. The minimum absolute atomic E-state index is 0.0288. The minimum atomic E-state index is -0.782. The molecule has 1 aliphatic rings. The van der Waals surface area contributed by atoms with Gasteiger partial charge in [-0.15, -0.1) is 0 Å². The van der Waals surface area contributed by atoms with E-state index in [0.717, 1.165) is 0 Å². The maximum absolute atomic E-state index is 12.0. The van der Waals surface area contributed by atoms with Gasteiger partial charge in [-0.3, -0.25) is 14.9 Å². The third kappa shape index (κ3) is 5.15. The van der Waals surface area contributed by atoms with E-state index in [1.165, 1.54) is 18.2 Å². The Balaban J connectivity index is 2.11. The van der Waals surface area contributed by atoms with Crippen LogP contribution in [0.3, 0.4) is 0 Å². The van der Waals surface area contributed by atoms with Gasteiger partial charge in [0.1, 0.15) is 5.69 Å². The highest BCUT2D eigenvalue weighted by atomic mass is 16.6. The van der Waals surface area contributed by atoms with Crippen LogP contribution in [0.25, 0.3) is 0 Å². The van der Waals surface area contributed by atoms with E-state index < -0.39 is 23.4 Å². The predicted molar refractivity (Wildman–Crippen MR) is 89.7 cm³/mol. The van der Waals surface area contributed by atoms with E-state index >= 15 is 0 Å². The summed E-state index contributed by atoms with van der Waals surface area (Å²) in [5.74, 6) is -1.21. The number of nitrogens with one attached hydrogen (secondary N) is 1. The molecule has 1 amide bonds. The Morgan fingerprint density at radius 1 is 1.36 bits per heavy atom. The fourth-order valence-corrected chi connectivity index (χ4v) is 2.45. The van der Waals surface area contributed by atoms with Crippen molar-refractivity contribution in [1.82, 2.24) is 5.32 Å². The molecule has 136 valence electrons. The number of esters is 1. The van der Waals surface area contributed by atoms with Crippen LogP contribution in [0.1, 0.15) is 24.2 Å². The van der Waals surface area contributed by atoms with Gasteiger partial charge in [0.25, 0.3) is 11.6 Å². The maximum atomic E-state index is 12.0. The van der Waals surface area contributed by atoms with Gasteiger partial charge >= 0.3 is 5.97 Å². The number of carbonyl (C=O) groups excluding carboxylic acids is 2. The molecule has 2 rings (SSSR count). The first-order chi connectivity index (χ1) is 11.9. The first-order valence-corrected chi connectivity index (χ1v) is 7.96. The van der Waals surface area contributed by atoms with E-state index in [1.807, 2.05) is 4.90 Å². The number of nitrogens with zero attached hydrogens (tertiary/aromatic N) is 2. The SMILES string of the molecule is CC(C)NC(=O)COC(=O)c1ccc(N2CCOCC2)c([N+](=O)[O-])c1. The Labute approximate surface area is 145 Å². The van der Waals surface area contributed by atoms with E-state index in [4.69, 9.17) is 9.47 Å². The standard InChI is InChI=1S/C16H21N3O6/c1-11(2)17-15(20)10-25-16(21)12-3-4-13(14(9-12)19(22)23)18-5-7-24-8-6-18/h3-4,9,11H,5-8,10H2,1-2H3,(H,17,20). The number of carbonyl (C=O) groups is 2. The number of amides is 1. The lowest BCUT2D eigenvalue weighted by Gasteiger charge is -2.28. The molecule has 1 N–H and O–H groups in total. The minimum Gasteiger partial charge on any atom is -0.452 e. The lowest BCUT2D eigenvalue weighted by atomic mass is 10.1. The molecule has 0 unspecified atom stereocenters. The summed E-state index contributed by atoms with van der Waals surface area (Å²) in [6.45, 7) is 5.20. The number of rotatable bonds is 6. The van der Waals surface area contributed by atoms with Gasteiger partial charge in [-0.1, -0.05) is 0 Å². The van der Waals surface area contributed by atoms with Gasteiger partial charge in [0, 0.05) is 25.2 Å². The Morgan fingerprint density at radius 3 is 2.64 bits per heavy atom. The van der Waals surface area contributed by atoms with Crippen LogP contribution in [-0.4, -0.2) is 55.8 Å². The van der Waals surface area contributed by atoms with Crippen LogP contribution >= 0.6 is 0 Å². The first kappa shape index (κ1) is 18.7. The van der Waals surface area contributed by atoms with Crippen molar-refractivity contribution < 1.29 is 24.0 Å². The number of anilines is 1. The molecule has 0 aromatic heterocycles. The van der Waals surface area contributed by atoms with Crippen molar-refractivity contribution in [2.75, 3.05) is 37.8 Å². The molecule has 9 heteroatoms. The topological polar surface area (TPSA) is 111 Å². The largest absolute Gasteiger partial charge is 0.452 e. The Kier molecular flexibility index (Phi) is 6.29. The summed E-state index contributed by atoms with van der Waals surface area (Å²) in [4.78, 5) is 36.2. The fourth-order valence-electron chi connectivity index (χ4n) is 2.45. The van der Waals surface area contributed by atoms with Crippen molar-refractivity contribution in [3.8, 4) is 0 Å². The summed E-state index contributed by atoms with van der Waals surface area (Å²) in [7, 11) is 0. The average Bonchev–Trinajstić information content (AvgIpc) is 2.59. The van der Waals surface area contributed by atoms with Gasteiger partial charge < -0.3 is 19.7 Å². The molecular formula is C16H21N3O6. The first-order valence-electron chi connectivity index (χ1n) is 7.96. The van der Waals surface area contributed by atoms with E-state index in [0.29, 0.717) is 32.0 Å². The monoisotopic (exact) mass is 351 g/mol. The zero-order valence-electron chi connectivity index (χ0n) is 14.2. The highest BCUT2D eigenvalue weighted by molar-refractivity contribution is 5.93. The number of hydrogen-bond acceptors (Lipinski definition) is 7. The number of nitro benzene ring substituents is 1. The summed E-state index contributed by atoms with van der Waals surface area (Å²) >= 11 is 0. The van der Waals surface area contributed by atoms with Crippen LogP contribution in [0, 0.1) is 10.1 Å². The molecule has 1 aliphatic heterocycles. The average molecular weight is 351 g/mol. The lowest BCUT2D eigenvalue weighted by Crippen LogP contribution is -2.36. The molecule has 25 heavy (non-hydrogen) atoms. The molecule has 1 aromatic carbocycles. The van der Waals surface area contributed by atoms with Crippen molar-refractivity contribution >= 4 is 23.3 Å². The lowest BCUT2D eigenvalue weighted by molar-refractivity contribution is -0.384. The van der Waals surface area contributed by atoms with E-state index in [-0.39, 0.29) is 17.3 Å². The maximum Gasteiger partial charge on any atom is 0.338 e.